The monoisotopic (exact) mass is 251 g/mol. The van der Waals surface area contributed by atoms with E-state index in [4.69, 9.17) is 16.3 Å². The molecule has 1 aromatic carbocycles. The van der Waals surface area contributed by atoms with E-state index in [9.17, 15) is 0 Å². The molecule has 0 aliphatic carbocycles. The first kappa shape index (κ1) is 12.1. The van der Waals surface area contributed by atoms with Crippen molar-refractivity contribution in [3.63, 3.8) is 0 Å². The van der Waals surface area contributed by atoms with E-state index in [-0.39, 0.29) is 0 Å². The van der Waals surface area contributed by atoms with E-state index >= 15 is 0 Å². The first-order valence-corrected chi connectivity index (χ1v) is 6.03. The first-order valence-electron chi connectivity index (χ1n) is 5.49. The number of aromatic nitrogens is 2. The summed E-state index contributed by atoms with van der Waals surface area (Å²) in [5, 5.41) is 3.15. The maximum absolute atomic E-state index is 5.50. The molecule has 1 aromatic heterocycles. The van der Waals surface area contributed by atoms with E-state index in [1.165, 1.54) is 0 Å². The average molecular weight is 252 g/mol. The normalized spacial score (nSPS) is 10.6. The summed E-state index contributed by atoms with van der Waals surface area (Å²) in [4.78, 5) is 8.75. The lowest BCUT2D eigenvalue weighted by atomic mass is 10.3. The minimum atomic E-state index is 0.524. The van der Waals surface area contributed by atoms with Crippen molar-refractivity contribution in [3.05, 3.63) is 30.5 Å². The van der Waals surface area contributed by atoms with Gasteiger partial charge in [0.15, 0.2) is 0 Å². The first-order chi connectivity index (χ1) is 8.40. The molecule has 2 rings (SSSR count). The quantitative estimate of drug-likeness (QED) is 0.632. The van der Waals surface area contributed by atoms with Gasteiger partial charge in [-0.25, -0.2) is 4.98 Å². The predicted molar refractivity (Wildman–Crippen MR) is 69.6 cm³/mol. The third-order valence-corrected chi connectivity index (χ3v) is 2.38. The van der Waals surface area contributed by atoms with Crippen LogP contribution in [0.5, 0.6) is 0 Å². The molecule has 2 aromatic rings. The summed E-state index contributed by atoms with van der Waals surface area (Å²) in [6, 6.07) is 7.78. The Bertz CT molecular complexity index is 478. The molecule has 0 saturated heterocycles. The Kier molecular flexibility index (Phi) is 4.53. The van der Waals surface area contributed by atoms with E-state index in [1.807, 2.05) is 24.3 Å². The maximum Gasteiger partial charge on any atom is 0.145 e. The molecule has 1 heterocycles. The fourth-order valence-corrected chi connectivity index (χ4v) is 1.56. The molecule has 0 spiro atoms. The molecular weight excluding hydrogens is 238 g/mol. The Morgan fingerprint density at radius 3 is 2.82 bits per heavy atom. The van der Waals surface area contributed by atoms with Crippen molar-refractivity contribution in [2.24, 2.45) is 0 Å². The van der Waals surface area contributed by atoms with Gasteiger partial charge in [-0.3, -0.25) is 4.98 Å². The number of ether oxygens (including phenoxy) is 1. The van der Waals surface area contributed by atoms with Crippen molar-refractivity contribution in [1.82, 2.24) is 9.97 Å². The SMILES string of the molecule is ClCCOCCNc1cnc2ccccc2n1. The molecule has 4 nitrogen and oxygen atoms in total. The molecule has 0 saturated carbocycles. The summed E-state index contributed by atoms with van der Waals surface area (Å²) in [6.07, 6.45) is 1.73. The molecule has 0 amide bonds. The molecule has 0 bridgehead atoms. The molecule has 17 heavy (non-hydrogen) atoms. The van der Waals surface area contributed by atoms with Gasteiger partial charge in [-0.2, -0.15) is 0 Å². The van der Waals surface area contributed by atoms with Crippen LogP contribution in [-0.4, -0.2) is 35.6 Å². The Balaban J connectivity index is 1.90. The number of nitrogens with one attached hydrogen (secondary N) is 1. The second-order valence-corrected chi connectivity index (χ2v) is 3.85. The summed E-state index contributed by atoms with van der Waals surface area (Å²) < 4.78 is 5.25. The molecule has 90 valence electrons. The second-order valence-electron chi connectivity index (χ2n) is 3.47. The third-order valence-electron chi connectivity index (χ3n) is 2.22. The van der Waals surface area contributed by atoms with Gasteiger partial charge in [-0.15, -0.1) is 11.6 Å². The molecule has 0 unspecified atom stereocenters. The molecule has 5 heteroatoms. The molecule has 0 radical (unpaired) electrons. The topological polar surface area (TPSA) is 47.0 Å². The van der Waals surface area contributed by atoms with E-state index in [2.05, 4.69) is 15.3 Å². The van der Waals surface area contributed by atoms with Crippen LogP contribution in [0, 0.1) is 0 Å². The zero-order valence-corrected chi connectivity index (χ0v) is 10.2. The minimum Gasteiger partial charge on any atom is -0.378 e. The largest absolute Gasteiger partial charge is 0.378 e. The van der Waals surface area contributed by atoms with Crippen LogP contribution in [0.4, 0.5) is 5.82 Å². The van der Waals surface area contributed by atoms with Crippen LogP contribution in [0.1, 0.15) is 0 Å². The predicted octanol–water partition coefficient (Wildman–Crippen LogP) is 2.30. The minimum absolute atomic E-state index is 0.524. The van der Waals surface area contributed by atoms with Crippen LogP contribution >= 0.6 is 11.6 Å². The standard InChI is InChI=1S/C12H14ClN3O/c13-5-7-17-8-6-14-12-9-15-10-3-1-2-4-11(10)16-12/h1-4,9H,5-8H2,(H,14,16). The zero-order valence-electron chi connectivity index (χ0n) is 9.40. The lowest BCUT2D eigenvalue weighted by Crippen LogP contribution is -2.11. The average Bonchev–Trinajstić information content (AvgIpc) is 2.38. The number of fused-ring (bicyclic) bond motifs is 1. The number of para-hydroxylation sites is 2. The smallest absolute Gasteiger partial charge is 0.145 e. The number of rotatable bonds is 6. The summed E-state index contributed by atoms with van der Waals surface area (Å²) >= 11 is 5.50. The highest BCUT2D eigenvalue weighted by Gasteiger charge is 1.97. The highest BCUT2D eigenvalue weighted by Crippen LogP contribution is 2.10. The van der Waals surface area contributed by atoms with Crippen molar-refractivity contribution in [2.75, 3.05) is 31.0 Å². The number of nitrogens with zero attached hydrogens (tertiary/aromatic N) is 2. The van der Waals surface area contributed by atoms with Crippen LogP contribution in [0.3, 0.4) is 0 Å². The van der Waals surface area contributed by atoms with Crippen LogP contribution in [-0.2, 0) is 4.74 Å². The van der Waals surface area contributed by atoms with Gasteiger partial charge in [-0.05, 0) is 12.1 Å². The summed E-state index contributed by atoms with van der Waals surface area (Å²) in [5.41, 5.74) is 1.79. The lowest BCUT2D eigenvalue weighted by Gasteiger charge is -2.06. The lowest BCUT2D eigenvalue weighted by molar-refractivity contribution is 0.160. The van der Waals surface area contributed by atoms with Crippen molar-refractivity contribution < 1.29 is 4.74 Å². The van der Waals surface area contributed by atoms with Gasteiger partial charge >= 0.3 is 0 Å². The fraction of sp³-hybridized carbons (Fsp3) is 0.333. The van der Waals surface area contributed by atoms with E-state index in [1.54, 1.807) is 6.20 Å². The van der Waals surface area contributed by atoms with Crippen molar-refractivity contribution in [3.8, 4) is 0 Å². The van der Waals surface area contributed by atoms with E-state index < -0.39 is 0 Å². The van der Waals surface area contributed by atoms with Crippen LogP contribution < -0.4 is 5.32 Å². The van der Waals surface area contributed by atoms with Crippen molar-refractivity contribution in [2.45, 2.75) is 0 Å². The highest BCUT2D eigenvalue weighted by molar-refractivity contribution is 6.17. The molecular formula is C12H14ClN3O. The summed E-state index contributed by atoms with van der Waals surface area (Å²) in [7, 11) is 0. The van der Waals surface area contributed by atoms with Gasteiger partial charge in [0.05, 0.1) is 30.4 Å². The Morgan fingerprint density at radius 1 is 1.18 bits per heavy atom. The van der Waals surface area contributed by atoms with Crippen molar-refractivity contribution in [1.29, 1.82) is 0 Å². The summed E-state index contributed by atoms with van der Waals surface area (Å²) in [5.74, 6) is 1.29. The second kappa shape index (κ2) is 6.37. The number of alkyl halides is 1. The van der Waals surface area contributed by atoms with E-state index in [0.717, 1.165) is 16.9 Å². The highest BCUT2D eigenvalue weighted by atomic mass is 35.5. The number of anilines is 1. The van der Waals surface area contributed by atoms with Gasteiger partial charge in [0.1, 0.15) is 5.82 Å². The molecule has 0 aliphatic rings. The molecule has 1 N–H and O–H groups in total. The number of benzene rings is 1. The van der Waals surface area contributed by atoms with E-state index in [0.29, 0.717) is 25.6 Å². The number of hydrogen-bond acceptors (Lipinski definition) is 4. The molecule has 0 atom stereocenters. The Hall–Kier alpha value is -1.39. The summed E-state index contributed by atoms with van der Waals surface area (Å²) in [6.45, 7) is 1.89. The maximum atomic E-state index is 5.50. The van der Waals surface area contributed by atoms with Crippen LogP contribution in [0.15, 0.2) is 30.5 Å². The van der Waals surface area contributed by atoms with Gasteiger partial charge in [0, 0.05) is 12.4 Å². The van der Waals surface area contributed by atoms with Gasteiger partial charge in [-0.1, -0.05) is 12.1 Å². The van der Waals surface area contributed by atoms with Gasteiger partial charge < -0.3 is 10.1 Å². The molecule has 0 aliphatic heterocycles. The third kappa shape index (κ3) is 3.54. The van der Waals surface area contributed by atoms with Crippen LogP contribution in [0.25, 0.3) is 11.0 Å². The van der Waals surface area contributed by atoms with Crippen LogP contribution in [0.2, 0.25) is 0 Å². The van der Waals surface area contributed by atoms with Crippen molar-refractivity contribution >= 4 is 28.5 Å². The fourth-order valence-electron chi connectivity index (χ4n) is 1.45. The molecule has 0 fully saturated rings. The zero-order chi connectivity index (χ0) is 11.9. The Labute approximate surface area is 105 Å². The number of hydrogen-bond donors (Lipinski definition) is 1. The van der Waals surface area contributed by atoms with Gasteiger partial charge in [0.2, 0.25) is 0 Å². The Morgan fingerprint density at radius 2 is 2.00 bits per heavy atom. The van der Waals surface area contributed by atoms with Gasteiger partial charge in [0.25, 0.3) is 0 Å². The number of halogens is 1.